The van der Waals surface area contributed by atoms with Gasteiger partial charge in [0.1, 0.15) is 16.8 Å². The molecule has 0 atom stereocenters. The number of nitrogens with one attached hydrogen (secondary N) is 1. The number of nitrogens with zero attached hydrogens (tertiary/aromatic N) is 1. The molecule has 0 unspecified atom stereocenters. The van der Waals surface area contributed by atoms with Gasteiger partial charge in [0.15, 0.2) is 0 Å². The van der Waals surface area contributed by atoms with E-state index in [1.165, 1.54) is 12.1 Å². The fourth-order valence-corrected chi connectivity index (χ4v) is 1.70. The summed E-state index contributed by atoms with van der Waals surface area (Å²) in [5, 5.41) is 3.59. The van der Waals surface area contributed by atoms with Crippen molar-refractivity contribution >= 4 is 17.4 Å². The van der Waals surface area contributed by atoms with Crippen molar-refractivity contribution in [2.24, 2.45) is 0 Å². The van der Waals surface area contributed by atoms with Gasteiger partial charge < -0.3 is 5.32 Å². The predicted octanol–water partition coefficient (Wildman–Crippen LogP) is 3.53. The minimum absolute atomic E-state index is 0.205. The third kappa shape index (κ3) is 3.71. The quantitative estimate of drug-likeness (QED) is 0.840. The Morgan fingerprint density at radius 1 is 1.18 bits per heavy atom. The molecular formula is C13H12ClFN2. The maximum Gasteiger partial charge on any atom is 0.131 e. The Bertz CT molecular complexity index is 457. The zero-order valence-electron chi connectivity index (χ0n) is 9.16. The topological polar surface area (TPSA) is 24.9 Å². The SMILES string of the molecule is Fc1cccc(CCNc2cccc(Cl)n2)c1. The molecule has 0 aliphatic heterocycles. The van der Waals surface area contributed by atoms with Gasteiger partial charge in [0.2, 0.25) is 0 Å². The lowest BCUT2D eigenvalue weighted by molar-refractivity contribution is 0.625. The zero-order valence-corrected chi connectivity index (χ0v) is 9.91. The van der Waals surface area contributed by atoms with E-state index in [4.69, 9.17) is 11.6 Å². The largest absolute Gasteiger partial charge is 0.370 e. The average molecular weight is 251 g/mol. The van der Waals surface area contributed by atoms with Gasteiger partial charge >= 0.3 is 0 Å². The van der Waals surface area contributed by atoms with Gasteiger partial charge in [-0.25, -0.2) is 9.37 Å². The molecule has 0 aliphatic rings. The molecule has 0 amide bonds. The molecule has 0 fully saturated rings. The highest BCUT2D eigenvalue weighted by atomic mass is 35.5. The summed E-state index contributed by atoms with van der Waals surface area (Å²) in [5.74, 6) is 0.525. The van der Waals surface area contributed by atoms with Crippen LogP contribution in [0, 0.1) is 5.82 Å². The van der Waals surface area contributed by atoms with Gasteiger partial charge in [0.25, 0.3) is 0 Å². The molecule has 1 heterocycles. The minimum Gasteiger partial charge on any atom is -0.370 e. The Morgan fingerprint density at radius 2 is 2.00 bits per heavy atom. The molecular weight excluding hydrogens is 239 g/mol. The van der Waals surface area contributed by atoms with E-state index in [1.807, 2.05) is 18.2 Å². The van der Waals surface area contributed by atoms with Crippen LogP contribution in [0.3, 0.4) is 0 Å². The molecule has 0 aliphatic carbocycles. The predicted molar refractivity (Wildman–Crippen MR) is 67.8 cm³/mol. The second-order valence-corrected chi connectivity index (χ2v) is 4.04. The normalized spacial score (nSPS) is 10.2. The van der Waals surface area contributed by atoms with E-state index < -0.39 is 0 Å². The van der Waals surface area contributed by atoms with Gasteiger partial charge in [-0.3, -0.25) is 0 Å². The Morgan fingerprint density at radius 3 is 2.76 bits per heavy atom. The van der Waals surface area contributed by atoms with Crippen LogP contribution in [0.5, 0.6) is 0 Å². The number of pyridine rings is 1. The van der Waals surface area contributed by atoms with Crippen molar-refractivity contribution in [3.63, 3.8) is 0 Å². The molecule has 88 valence electrons. The molecule has 0 spiro atoms. The van der Waals surface area contributed by atoms with Crippen LogP contribution in [-0.2, 0) is 6.42 Å². The molecule has 2 aromatic rings. The maximum atomic E-state index is 12.9. The van der Waals surface area contributed by atoms with E-state index in [0.29, 0.717) is 11.7 Å². The highest BCUT2D eigenvalue weighted by Crippen LogP contribution is 2.09. The van der Waals surface area contributed by atoms with E-state index in [1.54, 1.807) is 12.1 Å². The Labute approximate surface area is 104 Å². The summed E-state index contributed by atoms with van der Waals surface area (Å²) in [6.45, 7) is 0.691. The molecule has 0 saturated carbocycles. The number of hydrogen-bond donors (Lipinski definition) is 1. The number of aromatic nitrogens is 1. The van der Waals surface area contributed by atoms with E-state index in [-0.39, 0.29) is 5.82 Å². The molecule has 4 heteroatoms. The monoisotopic (exact) mass is 250 g/mol. The number of halogens is 2. The first-order valence-electron chi connectivity index (χ1n) is 5.35. The van der Waals surface area contributed by atoms with E-state index in [9.17, 15) is 4.39 Å². The molecule has 2 nitrogen and oxygen atoms in total. The summed E-state index contributed by atoms with van der Waals surface area (Å²) in [4.78, 5) is 4.10. The highest BCUT2D eigenvalue weighted by molar-refractivity contribution is 6.29. The number of hydrogen-bond acceptors (Lipinski definition) is 2. The van der Waals surface area contributed by atoms with Crippen LogP contribution in [0.25, 0.3) is 0 Å². The second-order valence-electron chi connectivity index (χ2n) is 3.65. The first-order chi connectivity index (χ1) is 8.24. The average Bonchev–Trinajstić information content (AvgIpc) is 2.29. The minimum atomic E-state index is -0.205. The lowest BCUT2D eigenvalue weighted by atomic mass is 10.1. The Hall–Kier alpha value is -1.61. The lowest BCUT2D eigenvalue weighted by Gasteiger charge is -2.05. The van der Waals surface area contributed by atoms with Crippen LogP contribution >= 0.6 is 11.6 Å². The van der Waals surface area contributed by atoms with Gasteiger partial charge in [-0.2, -0.15) is 0 Å². The number of rotatable bonds is 4. The second kappa shape index (κ2) is 5.64. The van der Waals surface area contributed by atoms with E-state index in [0.717, 1.165) is 17.8 Å². The summed E-state index contributed by atoms with van der Waals surface area (Å²) in [6, 6.07) is 12.0. The third-order valence-corrected chi connectivity index (χ3v) is 2.53. The van der Waals surface area contributed by atoms with Crippen LogP contribution < -0.4 is 5.32 Å². The van der Waals surface area contributed by atoms with Crippen molar-refractivity contribution in [1.29, 1.82) is 0 Å². The van der Waals surface area contributed by atoms with Crippen LogP contribution in [0.4, 0.5) is 10.2 Å². The fourth-order valence-electron chi connectivity index (χ4n) is 1.53. The van der Waals surface area contributed by atoms with Crippen molar-refractivity contribution in [3.8, 4) is 0 Å². The van der Waals surface area contributed by atoms with Crippen molar-refractivity contribution < 1.29 is 4.39 Å². The van der Waals surface area contributed by atoms with Crippen LogP contribution in [0.1, 0.15) is 5.56 Å². The van der Waals surface area contributed by atoms with Crippen molar-refractivity contribution in [2.45, 2.75) is 6.42 Å². The molecule has 17 heavy (non-hydrogen) atoms. The van der Waals surface area contributed by atoms with Gasteiger partial charge in [0, 0.05) is 6.54 Å². The summed E-state index contributed by atoms with van der Waals surface area (Å²) < 4.78 is 12.9. The van der Waals surface area contributed by atoms with Crippen molar-refractivity contribution in [1.82, 2.24) is 4.98 Å². The maximum absolute atomic E-state index is 12.9. The number of benzene rings is 1. The van der Waals surface area contributed by atoms with Gasteiger partial charge in [-0.05, 0) is 36.2 Å². The standard InChI is InChI=1S/C13H12ClFN2/c14-12-5-2-6-13(17-12)16-8-7-10-3-1-4-11(15)9-10/h1-6,9H,7-8H2,(H,16,17). The molecule has 0 saturated heterocycles. The molecule has 2 rings (SSSR count). The molecule has 0 radical (unpaired) electrons. The Kier molecular flexibility index (Phi) is 3.94. The highest BCUT2D eigenvalue weighted by Gasteiger charge is 1.97. The molecule has 1 N–H and O–H groups in total. The third-order valence-electron chi connectivity index (χ3n) is 2.32. The summed E-state index contributed by atoms with van der Waals surface area (Å²) >= 11 is 5.76. The van der Waals surface area contributed by atoms with Crippen LogP contribution in [0.15, 0.2) is 42.5 Å². The molecule has 1 aromatic heterocycles. The lowest BCUT2D eigenvalue weighted by Crippen LogP contribution is -2.06. The number of anilines is 1. The van der Waals surface area contributed by atoms with Crippen molar-refractivity contribution in [3.05, 3.63) is 59.0 Å². The first-order valence-corrected chi connectivity index (χ1v) is 5.73. The zero-order chi connectivity index (χ0) is 12.1. The van der Waals surface area contributed by atoms with Crippen LogP contribution in [-0.4, -0.2) is 11.5 Å². The molecule has 1 aromatic carbocycles. The van der Waals surface area contributed by atoms with E-state index >= 15 is 0 Å². The van der Waals surface area contributed by atoms with Gasteiger partial charge in [-0.15, -0.1) is 0 Å². The van der Waals surface area contributed by atoms with Crippen molar-refractivity contribution in [2.75, 3.05) is 11.9 Å². The summed E-state index contributed by atoms with van der Waals surface area (Å²) in [5.41, 5.74) is 0.958. The van der Waals surface area contributed by atoms with Crippen LogP contribution in [0.2, 0.25) is 5.15 Å². The van der Waals surface area contributed by atoms with E-state index in [2.05, 4.69) is 10.3 Å². The summed E-state index contributed by atoms with van der Waals surface area (Å²) in [6.07, 6.45) is 0.742. The fraction of sp³-hybridized carbons (Fsp3) is 0.154. The molecule has 0 bridgehead atoms. The van der Waals surface area contributed by atoms with Gasteiger partial charge in [-0.1, -0.05) is 29.8 Å². The smallest absolute Gasteiger partial charge is 0.131 e. The van der Waals surface area contributed by atoms with Gasteiger partial charge in [0.05, 0.1) is 0 Å². The Balaban J connectivity index is 1.87. The summed E-state index contributed by atoms with van der Waals surface area (Å²) in [7, 11) is 0. The first kappa shape index (κ1) is 11.9.